The number of aromatic nitrogens is 1. The van der Waals surface area contributed by atoms with Gasteiger partial charge in [0.05, 0.1) is 23.8 Å². The number of fused-ring (bicyclic) bond motifs is 1. The second kappa shape index (κ2) is 13.3. The molecular weight excluding hydrogens is 540 g/mol. The molecule has 0 aliphatic heterocycles. The SMILES string of the molecule is C=C1C(=CC=C2CCC[C@]3(C)[C@@H]([C@H](C)CC[C@H](OC(=O)NC)C4(c5ncc(CCCC)o5)CC4)CC[C@@H]23)C[C@@H](O)C[C@@H]1O. The Morgan fingerprint density at radius 3 is 2.77 bits per heavy atom. The van der Waals surface area contributed by atoms with Crippen LogP contribution in [0.1, 0.15) is 116 Å². The highest BCUT2D eigenvalue weighted by Crippen LogP contribution is 2.60. The van der Waals surface area contributed by atoms with Gasteiger partial charge in [-0.25, -0.2) is 9.78 Å². The van der Waals surface area contributed by atoms with Crippen LogP contribution in [0, 0.1) is 23.2 Å². The summed E-state index contributed by atoms with van der Waals surface area (Å²) in [5.74, 6) is 3.34. The van der Waals surface area contributed by atoms with Gasteiger partial charge in [-0.2, -0.15) is 0 Å². The highest BCUT2D eigenvalue weighted by molar-refractivity contribution is 5.67. The van der Waals surface area contributed by atoms with Crippen LogP contribution in [-0.2, 0) is 16.6 Å². The van der Waals surface area contributed by atoms with Crippen LogP contribution in [0.4, 0.5) is 4.79 Å². The number of aliphatic hydroxyl groups excluding tert-OH is 2. The predicted octanol–water partition coefficient (Wildman–Crippen LogP) is 7.33. The van der Waals surface area contributed by atoms with Crippen LogP contribution in [0.5, 0.6) is 0 Å². The smallest absolute Gasteiger partial charge is 0.407 e. The molecule has 1 aromatic rings. The fourth-order valence-corrected chi connectivity index (χ4v) is 8.74. The second-order valence-electron chi connectivity index (χ2n) is 14.3. The average molecular weight is 595 g/mol. The van der Waals surface area contributed by atoms with E-state index in [9.17, 15) is 15.0 Å². The lowest BCUT2D eigenvalue weighted by molar-refractivity contribution is 0.0479. The van der Waals surface area contributed by atoms with Crippen molar-refractivity contribution >= 4 is 6.09 Å². The molecule has 4 fully saturated rings. The van der Waals surface area contributed by atoms with E-state index >= 15 is 0 Å². The number of oxazole rings is 1. The van der Waals surface area contributed by atoms with E-state index in [1.54, 1.807) is 7.05 Å². The van der Waals surface area contributed by atoms with E-state index < -0.39 is 12.2 Å². The van der Waals surface area contributed by atoms with Gasteiger partial charge < -0.3 is 24.7 Å². The fraction of sp³-hybridized carbons (Fsp3) is 0.722. The van der Waals surface area contributed by atoms with Crippen molar-refractivity contribution in [3.8, 4) is 0 Å². The van der Waals surface area contributed by atoms with E-state index in [2.05, 4.69) is 49.8 Å². The Morgan fingerprint density at radius 1 is 1.26 bits per heavy atom. The lowest BCUT2D eigenvalue weighted by atomic mass is 9.60. The molecule has 0 bridgehead atoms. The van der Waals surface area contributed by atoms with Crippen LogP contribution in [0.2, 0.25) is 0 Å². The minimum atomic E-state index is -0.653. The second-order valence-corrected chi connectivity index (χ2v) is 14.3. The van der Waals surface area contributed by atoms with Gasteiger partial charge in [-0.1, -0.05) is 51.5 Å². The molecule has 0 radical (unpaired) electrons. The number of rotatable bonds is 11. The highest BCUT2D eigenvalue weighted by Gasteiger charge is 2.57. The number of nitrogens with zero attached hydrogens (tertiary/aromatic N) is 1. The summed E-state index contributed by atoms with van der Waals surface area (Å²) in [5.41, 5.74) is 3.18. The zero-order valence-electron chi connectivity index (χ0n) is 26.9. The van der Waals surface area contributed by atoms with Crippen LogP contribution >= 0.6 is 0 Å². The van der Waals surface area contributed by atoms with E-state index in [4.69, 9.17) is 9.15 Å². The van der Waals surface area contributed by atoms with Crippen LogP contribution in [-0.4, -0.2) is 46.6 Å². The molecule has 1 aromatic heterocycles. The van der Waals surface area contributed by atoms with E-state index in [1.807, 2.05) is 6.20 Å². The normalized spacial score (nSPS) is 33.3. The maximum absolute atomic E-state index is 12.5. The van der Waals surface area contributed by atoms with Crippen molar-refractivity contribution in [3.05, 3.63) is 53.3 Å². The van der Waals surface area contributed by atoms with Crippen molar-refractivity contribution in [2.45, 2.75) is 134 Å². The monoisotopic (exact) mass is 594 g/mol. The summed E-state index contributed by atoms with van der Waals surface area (Å²) in [5, 5.41) is 23.1. The summed E-state index contributed by atoms with van der Waals surface area (Å²) < 4.78 is 12.3. The molecule has 1 heterocycles. The minimum Gasteiger partial charge on any atom is -0.445 e. The molecule has 7 atom stereocenters. The maximum atomic E-state index is 12.5. The quantitative estimate of drug-likeness (QED) is 0.248. The number of allylic oxidation sites excluding steroid dienone is 3. The summed E-state index contributed by atoms with van der Waals surface area (Å²) in [4.78, 5) is 17.1. The molecule has 7 heteroatoms. The third kappa shape index (κ3) is 6.68. The number of unbranched alkanes of at least 4 members (excludes halogenated alkanes) is 1. The molecule has 7 nitrogen and oxygen atoms in total. The Balaban J connectivity index is 1.27. The molecule has 5 rings (SSSR count). The first-order valence-corrected chi connectivity index (χ1v) is 16.9. The van der Waals surface area contributed by atoms with Crippen molar-refractivity contribution in [3.63, 3.8) is 0 Å². The average Bonchev–Trinajstić information content (AvgIpc) is 3.50. The van der Waals surface area contributed by atoms with Gasteiger partial charge in [-0.15, -0.1) is 0 Å². The van der Waals surface area contributed by atoms with Crippen molar-refractivity contribution in [1.82, 2.24) is 10.3 Å². The van der Waals surface area contributed by atoms with E-state index in [-0.39, 0.29) is 23.0 Å². The summed E-state index contributed by atoms with van der Waals surface area (Å²) >= 11 is 0. The van der Waals surface area contributed by atoms with Gasteiger partial charge in [0.25, 0.3) is 0 Å². The maximum Gasteiger partial charge on any atom is 0.407 e. The van der Waals surface area contributed by atoms with Gasteiger partial charge in [0.1, 0.15) is 11.9 Å². The lowest BCUT2D eigenvalue weighted by Gasteiger charge is -2.44. The van der Waals surface area contributed by atoms with Crippen LogP contribution in [0.15, 0.2) is 46.1 Å². The molecule has 1 amide bonds. The molecule has 4 aliphatic carbocycles. The number of carbonyl (C=O) groups excluding carboxylic acids is 1. The Hall–Kier alpha value is -2.38. The molecule has 0 unspecified atom stereocenters. The third-order valence-corrected chi connectivity index (χ3v) is 11.5. The lowest BCUT2D eigenvalue weighted by Crippen LogP contribution is -2.38. The summed E-state index contributed by atoms with van der Waals surface area (Å²) in [6.45, 7) is 11.2. The summed E-state index contributed by atoms with van der Waals surface area (Å²) in [6, 6.07) is 0. The van der Waals surface area contributed by atoms with Gasteiger partial charge in [-0.3, -0.25) is 0 Å². The highest BCUT2D eigenvalue weighted by atomic mass is 16.6. The molecule has 0 aromatic carbocycles. The number of carbonyl (C=O) groups is 1. The molecule has 4 aliphatic rings. The number of nitrogens with one attached hydrogen (secondary N) is 1. The molecule has 0 spiro atoms. The largest absolute Gasteiger partial charge is 0.445 e. The number of aliphatic hydroxyl groups is 2. The third-order valence-electron chi connectivity index (χ3n) is 11.5. The van der Waals surface area contributed by atoms with E-state index in [0.717, 1.165) is 74.2 Å². The van der Waals surface area contributed by atoms with Gasteiger partial charge >= 0.3 is 6.09 Å². The summed E-state index contributed by atoms with van der Waals surface area (Å²) in [6.07, 6.45) is 18.1. The predicted molar refractivity (Wildman–Crippen MR) is 168 cm³/mol. The van der Waals surface area contributed by atoms with Crippen molar-refractivity contribution in [2.75, 3.05) is 7.05 Å². The number of alkyl carbamates (subject to hydrolysis) is 1. The van der Waals surface area contributed by atoms with Crippen molar-refractivity contribution in [1.29, 1.82) is 0 Å². The molecule has 4 saturated carbocycles. The van der Waals surface area contributed by atoms with Crippen molar-refractivity contribution in [2.24, 2.45) is 23.2 Å². The van der Waals surface area contributed by atoms with Gasteiger partial charge in [0, 0.05) is 19.9 Å². The minimum absolute atomic E-state index is 0.246. The molecule has 3 N–H and O–H groups in total. The number of ether oxygens (including phenoxy) is 1. The number of aryl methyl sites for hydroxylation is 1. The van der Waals surface area contributed by atoms with Crippen LogP contribution in [0.25, 0.3) is 0 Å². The number of amides is 1. The van der Waals surface area contributed by atoms with Crippen LogP contribution < -0.4 is 5.32 Å². The number of hydrogen-bond acceptors (Lipinski definition) is 6. The van der Waals surface area contributed by atoms with Gasteiger partial charge in [-0.05, 0) is 105 Å². The molecule has 0 saturated heterocycles. The first-order chi connectivity index (χ1) is 20.6. The Morgan fingerprint density at radius 2 is 2.05 bits per heavy atom. The Labute approximate surface area is 258 Å². The standard InChI is InChI=1S/C36H54N2O5/c1-6-7-10-28-22-38-33(42-28)36(18-19-36)32(43-34(41)37-5)16-11-23(2)29-14-15-30-25(9-8-17-35(29,30)4)12-13-26-20-27(39)21-31(40)24(26)3/h12-13,22-23,27,29-32,39-40H,3,6-11,14-21H2,1-2,4-5H3,(H,37,41)/t23-,27-,29-,30+,31+,32+,35-/m1/s1. The molecular formula is C36H54N2O5. The summed E-state index contributed by atoms with van der Waals surface area (Å²) in [7, 11) is 1.62. The fourth-order valence-electron chi connectivity index (χ4n) is 8.74. The number of hydrogen-bond donors (Lipinski definition) is 3. The van der Waals surface area contributed by atoms with Crippen molar-refractivity contribution < 1.29 is 24.2 Å². The first kappa shape index (κ1) is 32.0. The van der Waals surface area contributed by atoms with Gasteiger partial charge in [0.15, 0.2) is 0 Å². The van der Waals surface area contributed by atoms with E-state index in [0.29, 0.717) is 30.6 Å². The van der Waals surface area contributed by atoms with Gasteiger partial charge in [0.2, 0.25) is 5.89 Å². The topological polar surface area (TPSA) is 105 Å². The zero-order valence-corrected chi connectivity index (χ0v) is 26.9. The Bertz CT molecular complexity index is 1210. The van der Waals surface area contributed by atoms with Crippen LogP contribution in [0.3, 0.4) is 0 Å². The van der Waals surface area contributed by atoms with E-state index in [1.165, 1.54) is 31.3 Å². The zero-order chi connectivity index (χ0) is 30.8. The molecule has 43 heavy (non-hydrogen) atoms. The Kier molecular flexibility index (Phi) is 9.92. The molecule has 238 valence electrons. The first-order valence-electron chi connectivity index (χ1n) is 16.9.